The van der Waals surface area contributed by atoms with Gasteiger partial charge in [-0.1, -0.05) is 6.08 Å². The Morgan fingerprint density at radius 1 is 0.667 bits per heavy atom. The number of rotatable bonds is 8. The molecule has 0 saturated carbocycles. The Morgan fingerprint density at radius 2 is 1.03 bits per heavy atom. The number of hydrogen-bond acceptors (Lipinski definition) is 1. The molecule has 8 heteroatoms. The summed E-state index contributed by atoms with van der Waals surface area (Å²) in [7, 11) is 0.275. The zero-order valence-corrected chi connectivity index (χ0v) is 24.1. The van der Waals surface area contributed by atoms with E-state index in [1.54, 1.807) is 12.1 Å². The maximum Gasteiger partial charge on any atom is 0.169 e. The molecule has 1 heterocycles. The third-order valence-electron chi connectivity index (χ3n) is 5.29. The van der Waals surface area contributed by atoms with Crippen LogP contribution in [0.15, 0.2) is 30.6 Å². The fourth-order valence-electron chi connectivity index (χ4n) is 2.89. The average molecular weight is 598 g/mol. The summed E-state index contributed by atoms with van der Waals surface area (Å²) in [5.74, 6) is -5.69. The molecule has 0 radical (unpaired) electrons. The second-order valence-corrected chi connectivity index (χ2v) is 14.4. The van der Waals surface area contributed by atoms with E-state index >= 15 is 0 Å². The van der Waals surface area contributed by atoms with Crippen molar-refractivity contribution in [3.8, 4) is 0 Å². The van der Waals surface area contributed by atoms with E-state index in [1.807, 2.05) is 0 Å². The van der Waals surface area contributed by atoms with Gasteiger partial charge in [0, 0.05) is 38.9 Å². The Hall–Kier alpha value is -0.648. The van der Waals surface area contributed by atoms with E-state index in [1.165, 1.54) is 55.4 Å². The smallest absolute Gasteiger partial charge is 0.169 e. The molecular formula is C25H39F4NP2Pd+2. The second-order valence-electron chi connectivity index (χ2n) is 7.12. The third-order valence-corrected chi connectivity index (χ3v) is 11.3. The fraction of sp³-hybridized carbons (Fsp3) is 0.480. The molecule has 0 unspecified atom stereocenters. The summed E-state index contributed by atoms with van der Waals surface area (Å²) in [6, 6.07) is 3.35. The first kappa shape index (κ1) is 34.5. The molecule has 2 rings (SSSR count). The molecule has 0 aliphatic heterocycles. The van der Waals surface area contributed by atoms with Gasteiger partial charge in [0.25, 0.3) is 0 Å². The van der Waals surface area contributed by atoms with Crippen LogP contribution in [-0.2, 0) is 20.4 Å². The van der Waals surface area contributed by atoms with Crippen molar-refractivity contribution in [1.82, 2.24) is 4.98 Å². The minimum Gasteiger partial charge on any atom is -0.265 e. The molecule has 0 saturated heterocycles. The van der Waals surface area contributed by atoms with Crippen molar-refractivity contribution < 1.29 is 38.0 Å². The molecule has 190 valence electrons. The van der Waals surface area contributed by atoms with Crippen LogP contribution in [0.3, 0.4) is 0 Å². The van der Waals surface area contributed by atoms with Crippen molar-refractivity contribution in [2.75, 3.05) is 37.0 Å². The van der Waals surface area contributed by atoms with Crippen molar-refractivity contribution in [2.24, 2.45) is 0 Å². The summed E-state index contributed by atoms with van der Waals surface area (Å²) in [4.78, 5) is 3.76. The number of hydrogen-bond donors (Lipinski definition) is 0. The largest absolute Gasteiger partial charge is 0.265 e. The Morgan fingerprint density at radius 3 is 1.33 bits per heavy atom. The van der Waals surface area contributed by atoms with Crippen LogP contribution >= 0.6 is 15.8 Å². The fourth-order valence-corrected chi connectivity index (χ4v) is 5.89. The summed E-state index contributed by atoms with van der Waals surface area (Å²) in [5, 5.41) is 0. The van der Waals surface area contributed by atoms with Gasteiger partial charge in [-0.25, -0.2) is 17.6 Å². The summed E-state index contributed by atoms with van der Waals surface area (Å²) in [5.41, 5.74) is -0.141. The minimum atomic E-state index is -1.43. The molecule has 0 aliphatic carbocycles. The van der Waals surface area contributed by atoms with Crippen molar-refractivity contribution in [3.63, 3.8) is 0 Å². The van der Waals surface area contributed by atoms with E-state index < -0.39 is 28.8 Å². The quantitative estimate of drug-likeness (QED) is 0.129. The second kappa shape index (κ2) is 20.7. The van der Waals surface area contributed by atoms with Crippen molar-refractivity contribution >= 4 is 28.0 Å². The van der Waals surface area contributed by atoms with E-state index in [4.69, 9.17) is 0 Å². The SMILES string of the molecule is CC[PH+](CC)CC.CC[PH+](CC)CC.Fc1cc(F)c(F)c(/C=C/c2ccncc2)c1F.[Pd]. The standard InChI is InChI=1S/C13H7F4N.2C6H15P.Pd/c14-10-7-11(15)13(17)9(12(10)16)2-1-8-3-5-18-6-4-8;2*1-4-7(5-2)6-3;/h1-7H;2*4-6H2,1-3H3;/p+2/b2-1+;;;. The van der Waals surface area contributed by atoms with E-state index in [2.05, 4.69) is 46.5 Å². The normalized spacial score (nSPS) is 10.4. The van der Waals surface area contributed by atoms with Gasteiger partial charge in [-0.3, -0.25) is 4.98 Å². The molecule has 1 nitrogen and oxygen atoms in total. The van der Waals surface area contributed by atoms with Crippen LogP contribution in [0.4, 0.5) is 17.6 Å². The monoisotopic (exact) mass is 597 g/mol. The number of aromatic nitrogens is 1. The molecule has 0 fully saturated rings. The predicted octanol–water partition coefficient (Wildman–Crippen LogP) is 8.33. The van der Waals surface area contributed by atoms with E-state index in [0.717, 1.165) is 6.08 Å². The summed E-state index contributed by atoms with van der Waals surface area (Å²) in [6.07, 6.45) is 14.0. The van der Waals surface area contributed by atoms with Gasteiger partial charge in [-0.15, -0.1) is 0 Å². The summed E-state index contributed by atoms with van der Waals surface area (Å²) in [6.45, 7) is 13.8. The summed E-state index contributed by atoms with van der Waals surface area (Å²) >= 11 is 0. The van der Waals surface area contributed by atoms with Crippen LogP contribution in [0.2, 0.25) is 0 Å². The molecular weight excluding hydrogens is 559 g/mol. The molecule has 33 heavy (non-hydrogen) atoms. The van der Waals surface area contributed by atoms with Gasteiger partial charge in [-0.05, 0) is 81.2 Å². The Labute approximate surface area is 214 Å². The van der Waals surface area contributed by atoms with Gasteiger partial charge in [0.2, 0.25) is 0 Å². The van der Waals surface area contributed by atoms with E-state index in [0.29, 0.717) is 5.56 Å². The maximum atomic E-state index is 13.3. The molecule has 0 atom stereocenters. The van der Waals surface area contributed by atoms with Gasteiger partial charge >= 0.3 is 0 Å². The average Bonchev–Trinajstić information content (AvgIpc) is 2.82. The number of benzene rings is 1. The van der Waals surface area contributed by atoms with Crippen molar-refractivity contribution in [2.45, 2.75) is 41.5 Å². The number of nitrogens with zero attached hydrogens (tertiary/aromatic N) is 1. The van der Waals surface area contributed by atoms with Gasteiger partial charge < -0.3 is 0 Å². The van der Waals surface area contributed by atoms with Gasteiger partial charge in [0.15, 0.2) is 23.3 Å². The van der Waals surface area contributed by atoms with E-state index in [9.17, 15) is 17.6 Å². The molecule has 0 aliphatic rings. The topological polar surface area (TPSA) is 12.9 Å². The minimum absolute atomic E-state index is 0. The van der Waals surface area contributed by atoms with Crippen LogP contribution in [0.1, 0.15) is 52.7 Å². The number of pyridine rings is 1. The first-order valence-corrected chi connectivity index (χ1v) is 15.6. The first-order valence-electron chi connectivity index (χ1n) is 11.4. The Balaban J connectivity index is 0. The molecule has 0 spiro atoms. The van der Waals surface area contributed by atoms with Crippen molar-refractivity contribution in [3.05, 3.63) is 65.0 Å². The molecule has 0 bridgehead atoms. The molecule has 2 aromatic rings. The Bertz CT molecular complexity index is 734. The van der Waals surface area contributed by atoms with Gasteiger partial charge in [-0.2, -0.15) is 0 Å². The molecule has 0 amide bonds. The molecule has 1 aromatic carbocycles. The number of halogens is 4. The Kier molecular flexibility index (Phi) is 21.7. The van der Waals surface area contributed by atoms with Gasteiger partial charge in [0.1, 0.15) is 0 Å². The maximum absolute atomic E-state index is 13.3. The van der Waals surface area contributed by atoms with Crippen LogP contribution in [0.25, 0.3) is 12.2 Å². The van der Waals surface area contributed by atoms with Crippen LogP contribution < -0.4 is 0 Å². The first-order chi connectivity index (χ1) is 15.3. The van der Waals surface area contributed by atoms with Crippen molar-refractivity contribution in [1.29, 1.82) is 0 Å². The third kappa shape index (κ3) is 13.7. The van der Waals surface area contributed by atoms with Crippen LogP contribution in [-0.4, -0.2) is 42.0 Å². The van der Waals surface area contributed by atoms with Crippen LogP contribution in [0.5, 0.6) is 0 Å². The van der Waals surface area contributed by atoms with Gasteiger partial charge in [0.05, 0.1) is 42.5 Å². The summed E-state index contributed by atoms with van der Waals surface area (Å²) < 4.78 is 52.4. The zero-order chi connectivity index (χ0) is 24.5. The predicted molar refractivity (Wildman–Crippen MR) is 139 cm³/mol. The van der Waals surface area contributed by atoms with Crippen LogP contribution in [0, 0.1) is 23.3 Å². The van der Waals surface area contributed by atoms with E-state index in [-0.39, 0.29) is 42.3 Å². The molecule has 0 N–H and O–H groups in total. The zero-order valence-electron chi connectivity index (χ0n) is 20.6. The molecule has 1 aromatic heterocycles.